The van der Waals surface area contributed by atoms with E-state index in [9.17, 15) is 4.79 Å². The fourth-order valence-corrected chi connectivity index (χ4v) is 1.57. The Balaban J connectivity index is 2.62. The number of hydrogen-bond acceptors (Lipinski definition) is 3. The van der Waals surface area contributed by atoms with Crippen LogP contribution in [0.25, 0.3) is 5.69 Å². The normalized spacial score (nSPS) is 10.4. The number of aromatic carboxylic acids is 1. The van der Waals surface area contributed by atoms with Crippen LogP contribution in [0, 0.1) is 0 Å². The van der Waals surface area contributed by atoms with E-state index >= 15 is 0 Å². The van der Waals surface area contributed by atoms with Gasteiger partial charge in [0, 0.05) is 5.02 Å². The van der Waals surface area contributed by atoms with Crippen LogP contribution in [0.15, 0.2) is 24.4 Å². The largest absolute Gasteiger partial charge is 0.476 e. The van der Waals surface area contributed by atoms with Gasteiger partial charge in [0.15, 0.2) is 5.69 Å². The first-order valence-corrected chi connectivity index (χ1v) is 4.94. The van der Waals surface area contributed by atoms with Crippen LogP contribution in [0.3, 0.4) is 0 Å². The van der Waals surface area contributed by atoms with Crippen molar-refractivity contribution >= 4 is 29.2 Å². The number of rotatable bonds is 2. The highest BCUT2D eigenvalue weighted by Crippen LogP contribution is 2.24. The maximum absolute atomic E-state index is 10.9. The molecule has 1 heterocycles. The number of hydrogen-bond donors (Lipinski definition) is 1. The van der Waals surface area contributed by atoms with E-state index in [1.54, 1.807) is 12.1 Å². The second-order valence-corrected chi connectivity index (χ2v) is 3.78. The van der Waals surface area contributed by atoms with Crippen LogP contribution in [0.5, 0.6) is 0 Å². The number of halogens is 2. The predicted molar refractivity (Wildman–Crippen MR) is 58.3 cm³/mol. The first-order valence-electron chi connectivity index (χ1n) is 4.19. The summed E-state index contributed by atoms with van der Waals surface area (Å²) in [6.45, 7) is 0. The highest BCUT2D eigenvalue weighted by atomic mass is 35.5. The molecule has 5 nitrogen and oxygen atoms in total. The van der Waals surface area contributed by atoms with E-state index in [4.69, 9.17) is 28.3 Å². The molecule has 0 spiro atoms. The lowest BCUT2D eigenvalue weighted by molar-refractivity contribution is 0.0687. The van der Waals surface area contributed by atoms with E-state index in [0.29, 0.717) is 15.7 Å². The quantitative estimate of drug-likeness (QED) is 0.897. The van der Waals surface area contributed by atoms with Crippen LogP contribution < -0.4 is 0 Å². The summed E-state index contributed by atoms with van der Waals surface area (Å²) >= 11 is 11.7. The first kappa shape index (κ1) is 10.9. The Morgan fingerprint density at radius 2 is 2.12 bits per heavy atom. The van der Waals surface area contributed by atoms with Crippen LogP contribution in [-0.4, -0.2) is 26.1 Å². The lowest BCUT2D eigenvalue weighted by Gasteiger charge is -2.05. The second-order valence-electron chi connectivity index (χ2n) is 2.93. The van der Waals surface area contributed by atoms with Crippen LogP contribution in [0.1, 0.15) is 10.5 Å². The standard InChI is InChI=1S/C9H5Cl2N3O2/c10-5-1-2-6(11)7(3-5)14-8(9(15)16)4-12-13-14/h1-4H,(H,15,16). The van der Waals surface area contributed by atoms with Crippen LogP contribution in [0.4, 0.5) is 0 Å². The van der Waals surface area contributed by atoms with Crippen LogP contribution in [-0.2, 0) is 0 Å². The average Bonchev–Trinajstić information content (AvgIpc) is 2.70. The van der Waals surface area contributed by atoms with Gasteiger partial charge in [-0.15, -0.1) is 5.10 Å². The zero-order valence-electron chi connectivity index (χ0n) is 7.76. The molecule has 0 radical (unpaired) electrons. The number of carbonyl (C=O) groups is 1. The molecule has 1 N–H and O–H groups in total. The zero-order chi connectivity index (χ0) is 11.7. The Labute approximate surface area is 100 Å². The molecule has 0 unspecified atom stereocenters. The molecule has 1 aromatic heterocycles. The molecule has 0 amide bonds. The lowest BCUT2D eigenvalue weighted by Crippen LogP contribution is -2.08. The number of carboxylic acid groups (broad SMARTS) is 1. The smallest absolute Gasteiger partial charge is 0.356 e. The molecular weight excluding hydrogens is 253 g/mol. The van der Waals surface area contributed by atoms with Gasteiger partial charge in [-0.3, -0.25) is 0 Å². The van der Waals surface area contributed by atoms with Crippen LogP contribution >= 0.6 is 23.2 Å². The van der Waals surface area contributed by atoms with E-state index in [2.05, 4.69) is 10.3 Å². The predicted octanol–water partition coefficient (Wildman–Crippen LogP) is 2.27. The van der Waals surface area contributed by atoms with Gasteiger partial charge in [0.25, 0.3) is 0 Å². The van der Waals surface area contributed by atoms with Gasteiger partial charge < -0.3 is 5.11 Å². The van der Waals surface area contributed by atoms with E-state index in [1.165, 1.54) is 6.07 Å². The van der Waals surface area contributed by atoms with E-state index < -0.39 is 5.97 Å². The van der Waals surface area contributed by atoms with Crippen LogP contribution in [0.2, 0.25) is 10.0 Å². The van der Waals surface area contributed by atoms with E-state index in [0.717, 1.165) is 10.9 Å². The van der Waals surface area contributed by atoms with Gasteiger partial charge in [0.05, 0.1) is 16.9 Å². The molecule has 2 aromatic rings. The number of aromatic nitrogens is 3. The number of nitrogens with zero attached hydrogens (tertiary/aromatic N) is 3. The van der Waals surface area contributed by atoms with Gasteiger partial charge >= 0.3 is 5.97 Å². The molecule has 1 aromatic carbocycles. The van der Waals surface area contributed by atoms with Crippen molar-refractivity contribution in [2.45, 2.75) is 0 Å². The Kier molecular flexibility index (Phi) is 2.80. The summed E-state index contributed by atoms with van der Waals surface area (Å²) in [5, 5.41) is 16.9. The highest BCUT2D eigenvalue weighted by molar-refractivity contribution is 6.34. The molecule has 2 rings (SSSR count). The van der Waals surface area contributed by atoms with Gasteiger partial charge in [-0.05, 0) is 18.2 Å². The van der Waals surface area contributed by atoms with Crippen molar-refractivity contribution in [2.24, 2.45) is 0 Å². The van der Waals surface area contributed by atoms with Crippen molar-refractivity contribution in [1.82, 2.24) is 15.0 Å². The van der Waals surface area contributed by atoms with Crippen molar-refractivity contribution < 1.29 is 9.90 Å². The van der Waals surface area contributed by atoms with E-state index in [1.807, 2.05) is 0 Å². The van der Waals surface area contributed by atoms with Gasteiger partial charge in [0.1, 0.15) is 0 Å². The Bertz CT molecular complexity index is 553. The third-order valence-electron chi connectivity index (χ3n) is 1.90. The fourth-order valence-electron chi connectivity index (χ4n) is 1.21. The van der Waals surface area contributed by atoms with Crippen molar-refractivity contribution in [3.05, 3.63) is 40.1 Å². The molecule has 0 aliphatic carbocycles. The Morgan fingerprint density at radius 3 is 2.81 bits per heavy atom. The molecule has 0 fully saturated rings. The summed E-state index contributed by atoms with van der Waals surface area (Å²) in [5.41, 5.74) is 0.299. The molecule has 0 atom stereocenters. The minimum absolute atomic E-state index is 0.0795. The Morgan fingerprint density at radius 1 is 1.38 bits per heavy atom. The summed E-state index contributed by atoms with van der Waals surface area (Å²) in [4.78, 5) is 10.9. The summed E-state index contributed by atoms with van der Waals surface area (Å²) < 4.78 is 1.12. The minimum atomic E-state index is -1.14. The van der Waals surface area contributed by atoms with E-state index in [-0.39, 0.29) is 5.69 Å². The zero-order valence-corrected chi connectivity index (χ0v) is 9.27. The molecule has 0 saturated heterocycles. The monoisotopic (exact) mass is 257 g/mol. The van der Waals surface area contributed by atoms with Gasteiger partial charge in [0.2, 0.25) is 0 Å². The molecule has 0 aliphatic heterocycles. The third-order valence-corrected chi connectivity index (χ3v) is 2.46. The molecule has 0 saturated carbocycles. The summed E-state index contributed by atoms with van der Waals surface area (Å²) in [6, 6.07) is 4.68. The maximum Gasteiger partial charge on any atom is 0.356 e. The fraction of sp³-hybridized carbons (Fsp3) is 0. The third kappa shape index (κ3) is 1.87. The molecule has 7 heteroatoms. The molecular formula is C9H5Cl2N3O2. The topological polar surface area (TPSA) is 68.0 Å². The summed E-state index contributed by atoms with van der Waals surface area (Å²) in [6.07, 6.45) is 1.14. The molecule has 0 bridgehead atoms. The highest BCUT2D eigenvalue weighted by Gasteiger charge is 2.15. The van der Waals surface area contributed by atoms with Gasteiger partial charge in [-0.1, -0.05) is 28.4 Å². The number of carboxylic acids is 1. The van der Waals surface area contributed by atoms with Gasteiger partial charge in [-0.2, -0.15) is 0 Å². The molecule has 16 heavy (non-hydrogen) atoms. The van der Waals surface area contributed by atoms with Crippen molar-refractivity contribution in [1.29, 1.82) is 0 Å². The Hall–Kier alpha value is -1.59. The van der Waals surface area contributed by atoms with Crippen molar-refractivity contribution in [2.75, 3.05) is 0 Å². The lowest BCUT2D eigenvalue weighted by atomic mass is 10.3. The summed E-state index contributed by atoms with van der Waals surface area (Å²) in [7, 11) is 0. The molecule has 0 aliphatic rings. The maximum atomic E-state index is 10.9. The van der Waals surface area contributed by atoms with Crippen molar-refractivity contribution in [3.63, 3.8) is 0 Å². The second kappa shape index (κ2) is 4.11. The molecule has 82 valence electrons. The van der Waals surface area contributed by atoms with Crippen molar-refractivity contribution in [3.8, 4) is 5.69 Å². The first-order chi connectivity index (χ1) is 7.59. The van der Waals surface area contributed by atoms with Gasteiger partial charge in [-0.25, -0.2) is 9.48 Å². The SMILES string of the molecule is O=C(O)c1cnnn1-c1cc(Cl)ccc1Cl. The average molecular weight is 258 g/mol. The summed E-state index contributed by atoms with van der Waals surface area (Å²) in [5.74, 6) is -1.14. The number of benzene rings is 1. The minimum Gasteiger partial charge on any atom is -0.476 e.